The van der Waals surface area contributed by atoms with E-state index in [1.807, 2.05) is 13.0 Å². The molecule has 0 spiro atoms. The Morgan fingerprint density at radius 1 is 1.40 bits per heavy atom. The van der Waals surface area contributed by atoms with Gasteiger partial charge in [-0.2, -0.15) is 0 Å². The van der Waals surface area contributed by atoms with Gasteiger partial charge >= 0.3 is 5.97 Å². The molecule has 2 aliphatic carbocycles. The number of esters is 1. The Morgan fingerprint density at radius 3 is 2.96 bits per heavy atom. The molecule has 7 nitrogen and oxygen atoms in total. The number of aromatic nitrogens is 2. The van der Waals surface area contributed by atoms with Crippen molar-refractivity contribution < 1.29 is 14.3 Å². The van der Waals surface area contributed by atoms with E-state index in [-0.39, 0.29) is 17.9 Å². The van der Waals surface area contributed by atoms with Crippen LogP contribution in [0.25, 0.3) is 11.0 Å². The number of fused-ring (bicyclic) bond motifs is 3. The molecule has 0 aliphatic heterocycles. The number of primary amides is 1. The van der Waals surface area contributed by atoms with Crippen LogP contribution < -0.4 is 11.1 Å². The topological polar surface area (TPSA) is 110 Å². The average molecular weight is 342 g/mol. The number of pyridine rings is 1. The van der Waals surface area contributed by atoms with Gasteiger partial charge in [-0.1, -0.05) is 0 Å². The minimum Gasteiger partial charge on any atom is -0.466 e. The van der Waals surface area contributed by atoms with E-state index in [1.165, 1.54) is 6.20 Å². The quantitative estimate of drug-likeness (QED) is 0.720. The number of hydrogen-bond acceptors (Lipinski definition) is 5. The second-order valence-corrected chi connectivity index (χ2v) is 6.93. The predicted molar refractivity (Wildman–Crippen MR) is 93.0 cm³/mol. The van der Waals surface area contributed by atoms with Crippen molar-refractivity contribution in [3.05, 3.63) is 24.0 Å². The summed E-state index contributed by atoms with van der Waals surface area (Å²) in [6, 6.07) is 1.82. The minimum atomic E-state index is -0.533. The molecular weight excluding hydrogens is 320 g/mol. The van der Waals surface area contributed by atoms with Gasteiger partial charge in [0.15, 0.2) is 0 Å². The monoisotopic (exact) mass is 342 g/mol. The van der Waals surface area contributed by atoms with E-state index in [4.69, 9.17) is 10.5 Å². The van der Waals surface area contributed by atoms with Gasteiger partial charge in [0.05, 0.1) is 23.8 Å². The van der Waals surface area contributed by atoms with Crippen LogP contribution in [0, 0.1) is 17.8 Å². The molecule has 4 N–H and O–H groups in total. The zero-order valence-corrected chi connectivity index (χ0v) is 14.1. The molecule has 25 heavy (non-hydrogen) atoms. The third-order valence-electron chi connectivity index (χ3n) is 5.64. The molecule has 2 aromatic heterocycles. The molecule has 4 rings (SSSR count). The second-order valence-electron chi connectivity index (χ2n) is 6.93. The van der Waals surface area contributed by atoms with Crippen LogP contribution >= 0.6 is 0 Å². The van der Waals surface area contributed by atoms with E-state index in [9.17, 15) is 9.59 Å². The summed E-state index contributed by atoms with van der Waals surface area (Å²) in [5.74, 6) is -0.105. The Kier molecular flexibility index (Phi) is 3.86. The summed E-state index contributed by atoms with van der Waals surface area (Å²) < 4.78 is 5.31. The molecule has 7 heteroatoms. The molecule has 2 saturated carbocycles. The van der Waals surface area contributed by atoms with Crippen LogP contribution in [0.2, 0.25) is 0 Å². The van der Waals surface area contributed by atoms with Crippen molar-refractivity contribution in [2.24, 2.45) is 23.5 Å². The van der Waals surface area contributed by atoms with E-state index in [0.29, 0.717) is 35.3 Å². The highest BCUT2D eigenvalue weighted by Gasteiger charge is 2.51. The lowest BCUT2D eigenvalue weighted by atomic mass is 9.84. The summed E-state index contributed by atoms with van der Waals surface area (Å²) >= 11 is 0. The van der Waals surface area contributed by atoms with E-state index >= 15 is 0 Å². The Hall–Kier alpha value is -2.57. The fourth-order valence-electron chi connectivity index (χ4n) is 4.59. The Bertz CT molecular complexity index is 831. The van der Waals surface area contributed by atoms with Crippen LogP contribution in [0.5, 0.6) is 0 Å². The number of nitrogens with zero attached hydrogens (tertiary/aromatic N) is 1. The molecule has 2 aliphatic rings. The van der Waals surface area contributed by atoms with Gasteiger partial charge in [0.1, 0.15) is 5.65 Å². The number of carbonyl (C=O) groups excluding carboxylic acids is 2. The lowest BCUT2D eigenvalue weighted by molar-refractivity contribution is -0.150. The molecule has 2 heterocycles. The van der Waals surface area contributed by atoms with E-state index in [2.05, 4.69) is 15.3 Å². The third kappa shape index (κ3) is 2.54. The Balaban J connectivity index is 1.72. The maximum absolute atomic E-state index is 12.5. The SMILES string of the molecule is CCOC(=O)[C@@H]1[C@H]2CC[C@H](C2)[C@@H]1Nc1c(C(N)=O)cnc2[nH]ccc12. The molecule has 0 saturated heterocycles. The summed E-state index contributed by atoms with van der Waals surface area (Å²) in [6.45, 7) is 2.20. The van der Waals surface area contributed by atoms with Crippen LogP contribution in [0.15, 0.2) is 18.5 Å². The summed E-state index contributed by atoms with van der Waals surface area (Å²) in [6.07, 6.45) is 6.43. The highest BCUT2D eigenvalue weighted by atomic mass is 16.5. The van der Waals surface area contributed by atoms with Gasteiger partial charge in [-0.25, -0.2) is 4.98 Å². The van der Waals surface area contributed by atoms with Gasteiger partial charge in [-0.05, 0) is 44.1 Å². The molecule has 2 aromatic rings. The summed E-state index contributed by atoms with van der Waals surface area (Å²) in [5.41, 5.74) is 7.23. The van der Waals surface area contributed by atoms with Crippen molar-refractivity contribution in [1.82, 2.24) is 9.97 Å². The minimum absolute atomic E-state index is 0.0450. The van der Waals surface area contributed by atoms with Crippen molar-refractivity contribution in [2.45, 2.75) is 32.2 Å². The smallest absolute Gasteiger partial charge is 0.311 e. The maximum Gasteiger partial charge on any atom is 0.311 e. The van der Waals surface area contributed by atoms with E-state index in [0.717, 1.165) is 24.6 Å². The number of anilines is 1. The van der Waals surface area contributed by atoms with E-state index < -0.39 is 5.91 Å². The molecular formula is C18H22N4O3. The number of rotatable bonds is 5. The first-order valence-corrected chi connectivity index (χ1v) is 8.79. The predicted octanol–water partition coefficient (Wildman–Crippen LogP) is 2.05. The summed E-state index contributed by atoms with van der Waals surface area (Å²) in [5, 5.41) is 4.29. The zero-order valence-electron chi connectivity index (χ0n) is 14.1. The van der Waals surface area contributed by atoms with Crippen molar-refractivity contribution in [3.8, 4) is 0 Å². The van der Waals surface area contributed by atoms with E-state index in [1.54, 1.807) is 6.20 Å². The highest BCUT2D eigenvalue weighted by Crippen LogP contribution is 2.50. The largest absolute Gasteiger partial charge is 0.466 e. The zero-order chi connectivity index (χ0) is 17.6. The fraction of sp³-hybridized carbons (Fsp3) is 0.500. The number of nitrogens with one attached hydrogen (secondary N) is 2. The number of ether oxygens (including phenoxy) is 1. The molecule has 0 radical (unpaired) electrons. The molecule has 2 bridgehead atoms. The maximum atomic E-state index is 12.5. The average Bonchev–Trinajstić information content (AvgIpc) is 3.30. The number of nitrogens with two attached hydrogens (primary N) is 1. The first kappa shape index (κ1) is 15.9. The van der Waals surface area contributed by atoms with Gasteiger partial charge in [-0.3, -0.25) is 9.59 Å². The molecule has 0 unspecified atom stereocenters. The van der Waals surface area contributed by atoms with Crippen molar-refractivity contribution >= 4 is 28.6 Å². The van der Waals surface area contributed by atoms with Crippen LogP contribution in [-0.2, 0) is 9.53 Å². The standard InChI is InChI=1S/C18H22N4O3/c1-2-25-18(24)13-9-3-4-10(7-9)14(13)22-15-11-5-6-20-17(11)21-8-12(15)16(19)23/h5-6,8-10,13-14H,2-4,7H2,1H3,(H2,19,23)(H2,20,21,22)/t9-,10+,13+,14-/m0/s1. The Labute approximate surface area is 145 Å². The van der Waals surface area contributed by atoms with Gasteiger partial charge in [0.2, 0.25) is 0 Å². The molecule has 132 valence electrons. The van der Waals surface area contributed by atoms with Gasteiger partial charge in [0, 0.05) is 23.8 Å². The van der Waals surface area contributed by atoms with Crippen molar-refractivity contribution in [1.29, 1.82) is 0 Å². The molecule has 4 atom stereocenters. The molecule has 1 amide bonds. The second kappa shape index (κ2) is 6.06. The highest BCUT2D eigenvalue weighted by molar-refractivity contribution is 6.06. The van der Waals surface area contributed by atoms with Crippen LogP contribution in [-0.4, -0.2) is 34.5 Å². The van der Waals surface area contributed by atoms with Gasteiger partial charge in [0.25, 0.3) is 5.91 Å². The third-order valence-corrected chi connectivity index (χ3v) is 5.64. The summed E-state index contributed by atoms with van der Waals surface area (Å²) in [4.78, 5) is 31.7. The first-order chi connectivity index (χ1) is 12.1. The van der Waals surface area contributed by atoms with Crippen molar-refractivity contribution in [3.63, 3.8) is 0 Å². The van der Waals surface area contributed by atoms with Gasteiger partial charge in [-0.15, -0.1) is 0 Å². The fourth-order valence-corrected chi connectivity index (χ4v) is 4.59. The number of amides is 1. The number of aromatic amines is 1. The van der Waals surface area contributed by atoms with Gasteiger partial charge < -0.3 is 20.8 Å². The lowest BCUT2D eigenvalue weighted by Crippen LogP contribution is -2.40. The van der Waals surface area contributed by atoms with Crippen LogP contribution in [0.4, 0.5) is 5.69 Å². The summed E-state index contributed by atoms with van der Waals surface area (Å²) in [7, 11) is 0. The van der Waals surface area contributed by atoms with Crippen molar-refractivity contribution in [2.75, 3.05) is 11.9 Å². The number of hydrogen-bond donors (Lipinski definition) is 3. The molecule has 0 aromatic carbocycles. The lowest BCUT2D eigenvalue weighted by Gasteiger charge is -2.31. The molecule has 2 fully saturated rings. The first-order valence-electron chi connectivity index (χ1n) is 8.79. The number of carbonyl (C=O) groups is 2. The number of H-pyrrole nitrogens is 1. The van der Waals surface area contributed by atoms with Crippen LogP contribution in [0.3, 0.4) is 0 Å². The Morgan fingerprint density at radius 2 is 2.20 bits per heavy atom. The normalized spacial score (nSPS) is 27.6. The van der Waals surface area contributed by atoms with Crippen LogP contribution in [0.1, 0.15) is 36.5 Å².